The van der Waals surface area contributed by atoms with E-state index in [2.05, 4.69) is 4.98 Å². The number of hydrogen-bond acceptors (Lipinski definition) is 5. The van der Waals surface area contributed by atoms with Gasteiger partial charge in [-0.3, -0.25) is 4.79 Å². The summed E-state index contributed by atoms with van der Waals surface area (Å²) < 4.78 is 45.7. The van der Waals surface area contributed by atoms with Crippen molar-refractivity contribution in [2.24, 2.45) is 0 Å². The van der Waals surface area contributed by atoms with Crippen LogP contribution in [-0.4, -0.2) is 14.5 Å². The molecule has 0 aliphatic rings. The monoisotopic (exact) mass is 433 g/mol. The Bertz CT molecular complexity index is 1290. The predicted octanol–water partition coefficient (Wildman–Crippen LogP) is 4.04. The number of thiazole rings is 1. The van der Waals surface area contributed by atoms with Gasteiger partial charge in [0.2, 0.25) is 0 Å². The van der Waals surface area contributed by atoms with Crippen LogP contribution in [0.2, 0.25) is 0 Å². The van der Waals surface area contributed by atoms with Gasteiger partial charge in [-0.1, -0.05) is 12.1 Å². The maximum atomic E-state index is 12.8. The topological polar surface area (TPSA) is 77.0 Å². The van der Waals surface area contributed by atoms with Crippen molar-refractivity contribution < 1.29 is 17.9 Å². The quantitative estimate of drug-likeness (QED) is 0.527. The van der Waals surface area contributed by atoms with Crippen molar-refractivity contribution in [1.29, 1.82) is 0 Å². The summed E-state index contributed by atoms with van der Waals surface area (Å²) >= 11 is 1.51. The number of aromatic nitrogens is 3. The Labute approximate surface area is 171 Å². The maximum Gasteiger partial charge on any atom is 0.431 e. The standard InChI is InChI=1S/C20H14F3N3O3S/c1-11-8-12(29-10-17-24-13-4-2-3-5-15(13)30-17)6-7-14(11)26-18(27)9-16(20(21,22)23)25-19(26)28/h2-9H,10H2,1H3,(H,25,28). The van der Waals surface area contributed by atoms with Crippen LogP contribution in [0.25, 0.3) is 15.9 Å². The number of benzene rings is 2. The smallest absolute Gasteiger partial charge is 0.431 e. The molecule has 0 saturated heterocycles. The van der Waals surface area contributed by atoms with Gasteiger partial charge in [0.05, 0.1) is 15.9 Å². The van der Waals surface area contributed by atoms with Crippen LogP contribution in [0.4, 0.5) is 13.2 Å². The van der Waals surface area contributed by atoms with Crippen LogP contribution in [0.3, 0.4) is 0 Å². The second-order valence-electron chi connectivity index (χ2n) is 6.47. The number of rotatable bonds is 4. The molecule has 10 heteroatoms. The molecule has 0 aliphatic carbocycles. The van der Waals surface area contributed by atoms with Crippen molar-refractivity contribution in [3.8, 4) is 11.4 Å². The average Bonchev–Trinajstić information content (AvgIpc) is 3.09. The normalized spacial score (nSPS) is 11.7. The molecule has 6 nitrogen and oxygen atoms in total. The van der Waals surface area contributed by atoms with Gasteiger partial charge in [-0.05, 0) is 42.8 Å². The molecular weight excluding hydrogens is 419 g/mol. The highest BCUT2D eigenvalue weighted by Gasteiger charge is 2.33. The molecule has 0 amide bonds. The van der Waals surface area contributed by atoms with Gasteiger partial charge in [-0.2, -0.15) is 13.2 Å². The highest BCUT2D eigenvalue weighted by Crippen LogP contribution is 2.26. The molecule has 0 spiro atoms. The van der Waals surface area contributed by atoms with E-state index in [0.717, 1.165) is 15.2 Å². The van der Waals surface area contributed by atoms with E-state index in [-0.39, 0.29) is 12.3 Å². The third-order valence-corrected chi connectivity index (χ3v) is 5.36. The SMILES string of the molecule is Cc1cc(OCc2nc3ccccc3s2)ccc1-n1c(=O)cc(C(F)(F)F)[nH]c1=O. The summed E-state index contributed by atoms with van der Waals surface area (Å²) in [5.41, 5.74) is -2.08. The Morgan fingerprint density at radius 2 is 1.90 bits per heavy atom. The number of ether oxygens (including phenoxy) is 1. The Kier molecular flexibility index (Phi) is 4.94. The number of halogens is 3. The van der Waals surface area contributed by atoms with Gasteiger partial charge in [-0.25, -0.2) is 14.3 Å². The Morgan fingerprint density at radius 3 is 2.57 bits per heavy atom. The lowest BCUT2D eigenvalue weighted by Gasteiger charge is -2.12. The van der Waals surface area contributed by atoms with Gasteiger partial charge in [0, 0.05) is 6.07 Å². The first kappa shape index (κ1) is 19.9. The molecule has 0 atom stereocenters. The van der Waals surface area contributed by atoms with Crippen LogP contribution in [0.1, 0.15) is 16.3 Å². The van der Waals surface area contributed by atoms with E-state index in [0.29, 0.717) is 21.9 Å². The first-order valence-electron chi connectivity index (χ1n) is 8.74. The average molecular weight is 433 g/mol. The summed E-state index contributed by atoms with van der Waals surface area (Å²) in [6.07, 6.45) is -4.81. The van der Waals surface area contributed by atoms with Crippen molar-refractivity contribution in [2.75, 3.05) is 0 Å². The van der Waals surface area contributed by atoms with Crippen molar-refractivity contribution in [3.05, 3.63) is 85.6 Å². The van der Waals surface area contributed by atoms with Gasteiger partial charge in [-0.15, -0.1) is 11.3 Å². The lowest BCUT2D eigenvalue weighted by atomic mass is 10.2. The predicted molar refractivity (Wildman–Crippen MR) is 106 cm³/mol. The zero-order valence-corrected chi connectivity index (χ0v) is 16.3. The molecule has 2 aromatic heterocycles. The van der Waals surface area contributed by atoms with E-state index < -0.39 is 23.1 Å². The van der Waals surface area contributed by atoms with Gasteiger partial charge in [0.25, 0.3) is 5.56 Å². The van der Waals surface area contributed by atoms with E-state index >= 15 is 0 Å². The largest absolute Gasteiger partial charge is 0.486 e. The fourth-order valence-electron chi connectivity index (χ4n) is 2.97. The van der Waals surface area contributed by atoms with E-state index in [1.165, 1.54) is 17.4 Å². The van der Waals surface area contributed by atoms with Gasteiger partial charge in [0.15, 0.2) is 0 Å². The number of fused-ring (bicyclic) bond motifs is 1. The Morgan fingerprint density at radius 1 is 1.13 bits per heavy atom. The molecule has 0 aliphatic heterocycles. The summed E-state index contributed by atoms with van der Waals surface area (Å²) in [5.74, 6) is 0.479. The number of nitrogens with zero attached hydrogens (tertiary/aromatic N) is 2. The Balaban J connectivity index is 1.59. The van der Waals surface area contributed by atoms with Crippen LogP contribution < -0.4 is 16.0 Å². The number of hydrogen-bond donors (Lipinski definition) is 1. The minimum atomic E-state index is -4.81. The summed E-state index contributed by atoms with van der Waals surface area (Å²) in [6.45, 7) is 1.86. The van der Waals surface area contributed by atoms with Gasteiger partial charge in [0.1, 0.15) is 23.1 Å². The zero-order valence-electron chi connectivity index (χ0n) is 15.5. The van der Waals surface area contributed by atoms with Crippen LogP contribution >= 0.6 is 11.3 Å². The number of H-pyrrole nitrogens is 1. The van der Waals surface area contributed by atoms with Crippen LogP contribution in [0.5, 0.6) is 5.75 Å². The number of alkyl halides is 3. The van der Waals surface area contributed by atoms with E-state index in [4.69, 9.17) is 4.74 Å². The molecule has 2 aromatic carbocycles. The molecule has 4 rings (SSSR count). The van der Waals surface area contributed by atoms with E-state index in [1.54, 1.807) is 24.0 Å². The van der Waals surface area contributed by atoms with Crippen molar-refractivity contribution in [3.63, 3.8) is 0 Å². The van der Waals surface area contributed by atoms with Crippen LogP contribution in [-0.2, 0) is 12.8 Å². The molecule has 154 valence electrons. The molecular formula is C20H14F3N3O3S. The fraction of sp³-hybridized carbons (Fsp3) is 0.150. The number of aryl methyl sites for hydroxylation is 1. The molecule has 2 heterocycles. The van der Waals surface area contributed by atoms with Gasteiger partial charge < -0.3 is 9.72 Å². The zero-order chi connectivity index (χ0) is 21.5. The third-order valence-electron chi connectivity index (χ3n) is 4.35. The van der Waals surface area contributed by atoms with Gasteiger partial charge >= 0.3 is 11.9 Å². The molecule has 4 aromatic rings. The molecule has 0 fully saturated rings. The summed E-state index contributed by atoms with van der Waals surface area (Å²) in [4.78, 5) is 30.4. The van der Waals surface area contributed by atoms with E-state index in [9.17, 15) is 22.8 Å². The number of para-hydroxylation sites is 1. The molecule has 0 unspecified atom stereocenters. The lowest BCUT2D eigenvalue weighted by molar-refractivity contribution is -0.141. The minimum Gasteiger partial charge on any atom is -0.486 e. The second-order valence-corrected chi connectivity index (χ2v) is 7.59. The highest BCUT2D eigenvalue weighted by atomic mass is 32.1. The van der Waals surface area contributed by atoms with E-state index in [1.807, 2.05) is 24.3 Å². The molecule has 0 saturated carbocycles. The molecule has 1 N–H and O–H groups in total. The summed E-state index contributed by atoms with van der Waals surface area (Å²) in [7, 11) is 0. The van der Waals surface area contributed by atoms with Crippen molar-refractivity contribution in [2.45, 2.75) is 19.7 Å². The van der Waals surface area contributed by atoms with Crippen LogP contribution in [0, 0.1) is 6.92 Å². The van der Waals surface area contributed by atoms with Crippen molar-refractivity contribution >= 4 is 21.6 Å². The van der Waals surface area contributed by atoms with Crippen molar-refractivity contribution in [1.82, 2.24) is 14.5 Å². The second kappa shape index (κ2) is 7.45. The minimum absolute atomic E-state index is 0.169. The maximum absolute atomic E-state index is 12.8. The lowest BCUT2D eigenvalue weighted by Crippen LogP contribution is -2.36. The molecule has 0 radical (unpaired) electrons. The molecule has 30 heavy (non-hydrogen) atoms. The fourth-order valence-corrected chi connectivity index (χ4v) is 3.85. The Hall–Kier alpha value is -3.40. The first-order chi connectivity index (χ1) is 14.2. The summed E-state index contributed by atoms with van der Waals surface area (Å²) in [6, 6.07) is 12.7. The summed E-state index contributed by atoms with van der Waals surface area (Å²) in [5, 5.41) is 0.785. The molecule has 0 bridgehead atoms. The highest BCUT2D eigenvalue weighted by molar-refractivity contribution is 7.18. The number of aromatic amines is 1. The first-order valence-corrected chi connectivity index (χ1v) is 9.56. The third kappa shape index (κ3) is 3.86. The van der Waals surface area contributed by atoms with Crippen LogP contribution in [0.15, 0.2) is 58.1 Å². The number of nitrogens with one attached hydrogen (secondary N) is 1.